The summed E-state index contributed by atoms with van der Waals surface area (Å²) in [5.74, 6) is 0.203. The van der Waals surface area contributed by atoms with Gasteiger partial charge in [-0.15, -0.1) is 0 Å². The van der Waals surface area contributed by atoms with E-state index in [9.17, 15) is 13.2 Å². The van der Waals surface area contributed by atoms with Gasteiger partial charge >= 0.3 is 0 Å². The molecule has 1 N–H and O–H groups in total. The fourth-order valence-corrected chi connectivity index (χ4v) is 4.23. The van der Waals surface area contributed by atoms with Crippen molar-refractivity contribution in [1.82, 2.24) is 4.31 Å². The molecule has 0 aliphatic carbocycles. The lowest BCUT2D eigenvalue weighted by Crippen LogP contribution is -2.31. The number of rotatable bonds is 8. The van der Waals surface area contributed by atoms with Crippen LogP contribution in [0.5, 0.6) is 5.75 Å². The van der Waals surface area contributed by atoms with Crippen LogP contribution in [0.1, 0.15) is 20.8 Å². The van der Waals surface area contributed by atoms with Gasteiger partial charge in [-0.25, -0.2) is 8.42 Å². The van der Waals surface area contributed by atoms with E-state index in [1.807, 2.05) is 12.1 Å². The van der Waals surface area contributed by atoms with E-state index < -0.39 is 16.1 Å². The number of hydrogen-bond donors (Lipinski definition) is 1. The number of benzene rings is 2. The SMILES string of the molecule is CCN(CC)S(=O)(=O)c1cccc(NC(=O)C(C)Oc2ccc(Br)cc2)c1. The van der Waals surface area contributed by atoms with Crippen LogP contribution in [-0.4, -0.2) is 37.8 Å². The normalized spacial score (nSPS) is 12.6. The molecule has 2 aromatic carbocycles. The number of sulfonamides is 1. The summed E-state index contributed by atoms with van der Waals surface area (Å²) in [7, 11) is -3.59. The Balaban J connectivity index is 2.10. The monoisotopic (exact) mass is 454 g/mol. The number of halogens is 1. The predicted octanol–water partition coefficient (Wildman–Crippen LogP) is 3.89. The minimum Gasteiger partial charge on any atom is -0.481 e. The van der Waals surface area contributed by atoms with Gasteiger partial charge in [-0.05, 0) is 49.4 Å². The van der Waals surface area contributed by atoms with E-state index in [0.29, 0.717) is 24.5 Å². The smallest absolute Gasteiger partial charge is 0.265 e. The highest BCUT2D eigenvalue weighted by Crippen LogP contribution is 2.21. The predicted molar refractivity (Wildman–Crippen MR) is 109 cm³/mol. The molecule has 0 heterocycles. The van der Waals surface area contributed by atoms with Gasteiger partial charge in [0.25, 0.3) is 5.91 Å². The average molecular weight is 455 g/mol. The molecule has 1 atom stereocenters. The third-order valence-corrected chi connectivity index (χ3v) is 6.52. The molecule has 2 rings (SSSR count). The largest absolute Gasteiger partial charge is 0.481 e. The first kappa shape index (κ1) is 21.4. The van der Waals surface area contributed by atoms with E-state index in [1.165, 1.54) is 16.4 Å². The van der Waals surface area contributed by atoms with E-state index in [1.54, 1.807) is 45.0 Å². The van der Waals surface area contributed by atoms with Crippen LogP contribution in [0.15, 0.2) is 57.9 Å². The van der Waals surface area contributed by atoms with Crippen molar-refractivity contribution in [3.8, 4) is 5.75 Å². The second kappa shape index (κ2) is 9.34. The van der Waals surface area contributed by atoms with Gasteiger partial charge in [0.1, 0.15) is 5.75 Å². The van der Waals surface area contributed by atoms with Gasteiger partial charge in [0.2, 0.25) is 10.0 Å². The van der Waals surface area contributed by atoms with Crippen LogP contribution in [0.25, 0.3) is 0 Å². The lowest BCUT2D eigenvalue weighted by molar-refractivity contribution is -0.122. The maximum Gasteiger partial charge on any atom is 0.265 e. The third-order valence-electron chi connectivity index (χ3n) is 3.94. The van der Waals surface area contributed by atoms with Crippen molar-refractivity contribution in [1.29, 1.82) is 0 Å². The van der Waals surface area contributed by atoms with Gasteiger partial charge in [0.05, 0.1) is 4.90 Å². The van der Waals surface area contributed by atoms with E-state index in [0.717, 1.165) is 4.47 Å². The van der Waals surface area contributed by atoms with Gasteiger partial charge in [-0.3, -0.25) is 4.79 Å². The van der Waals surface area contributed by atoms with Crippen LogP contribution in [-0.2, 0) is 14.8 Å². The van der Waals surface area contributed by atoms with Crippen molar-refractivity contribution < 1.29 is 17.9 Å². The van der Waals surface area contributed by atoms with Crippen LogP contribution in [0, 0.1) is 0 Å². The number of carbonyl (C=O) groups is 1. The van der Waals surface area contributed by atoms with Crippen molar-refractivity contribution in [2.45, 2.75) is 31.8 Å². The molecular weight excluding hydrogens is 432 g/mol. The molecular formula is C19H23BrN2O4S. The summed E-state index contributed by atoms with van der Waals surface area (Å²) < 4.78 is 33.1. The molecule has 0 fully saturated rings. The van der Waals surface area contributed by atoms with Crippen molar-refractivity contribution >= 4 is 37.5 Å². The number of amides is 1. The standard InChI is InChI=1S/C19H23BrN2O4S/c1-4-22(5-2)27(24,25)18-8-6-7-16(13-18)21-19(23)14(3)26-17-11-9-15(20)10-12-17/h6-14H,4-5H2,1-3H3,(H,21,23). The molecule has 0 saturated heterocycles. The molecule has 27 heavy (non-hydrogen) atoms. The number of nitrogens with zero attached hydrogens (tertiary/aromatic N) is 1. The lowest BCUT2D eigenvalue weighted by atomic mass is 10.3. The van der Waals surface area contributed by atoms with Gasteiger partial charge in [-0.1, -0.05) is 35.8 Å². The zero-order chi connectivity index (χ0) is 20.0. The van der Waals surface area contributed by atoms with E-state index in [2.05, 4.69) is 21.2 Å². The Labute approximate surface area is 168 Å². The second-order valence-electron chi connectivity index (χ2n) is 5.82. The fourth-order valence-electron chi connectivity index (χ4n) is 2.46. The molecule has 1 amide bonds. The highest BCUT2D eigenvalue weighted by atomic mass is 79.9. The first-order valence-corrected chi connectivity index (χ1v) is 10.8. The number of carbonyl (C=O) groups excluding carboxylic acids is 1. The number of anilines is 1. The number of hydrogen-bond acceptors (Lipinski definition) is 4. The Kier molecular flexibility index (Phi) is 7.41. The molecule has 0 aromatic heterocycles. The molecule has 0 aliphatic heterocycles. The zero-order valence-corrected chi connectivity index (χ0v) is 17.9. The number of ether oxygens (including phenoxy) is 1. The average Bonchev–Trinajstić information content (AvgIpc) is 2.64. The highest BCUT2D eigenvalue weighted by molar-refractivity contribution is 9.10. The highest BCUT2D eigenvalue weighted by Gasteiger charge is 2.22. The molecule has 8 heteroatoms. The summed E-state index contributed by atoms with van der Waals surface area (Å²) in [6.45, 7) is 5.97. The van der Waals surface area contributed by atoms with Crippen molar-refractivity contribution in [3.05, 3.63) is 53.0 Å². The molecule has 0 radical (unpaired) electrons. The summed E-state index contributed by atoms with van der Waals surface area (Å²) in [6.07, 6.45) is -0.741. The summed E-state index contributed by atoms with van der Waals surface area (Å²) in [6, 6.07) is 13.4. The van der Waals surface area contributed by atoms with Gasteiger partial charge in [0.15, 0.2) is 6.10 Å². The van der Waals surface area contributed by atoms with Crippen LogP contribution in [0.2, 0.25) is 0 Å². The van der Waals surface area contributed by atoms with Crippen LogP contribution >= 0.6 is 15.9 Å². The maximum atomic E-state index is 12.6. The zero-order valence-electron chi connectivity index (χ0n) is 15.5. The van der Waals surface area contributed by atoms with Crippen molar-refractivity contribution in [2.75, 3.05) is 18.4 Å². The Hall–Kier alpha value is -1.90. The quantitative estimate of drug-likeness (QED) is 0.656. The molecule has 2 aromatic rings. The third kappa shape index (κ3) is 5.54. The van der Waals surface area contributed by atoms with E-state index in [4.69, 9.17) is 4.74 Å². The maximum absolute atomic E-state index is 12.6. The summed E-state index contributed by atoms with van der Waals surface area (Å²) in [5, 5.41) is 2.70. The lowest BCUT2D eigenvalue weighted by Gasteiger charge is -2.19. The van der Waals surface area contributed by atoms with Gasteiger partial charge in [-0.2, -0.15) is 4.31 Å². The van der Waals surface area contributed by atoms with Gasteiger partial charge < -0.3 is 10.1 Å². The summed E-state index contributed by atoms with van der Waals surface area (Å²) >= 11 is 3.34. The molecule has 0 saturated carbocycles. The first-order valence-electron chi connectivity index (χ1n) is 8.61. The topological polar surface area (TPSA) is 75.7 Å². The van der Waals surface area contributed by atoms with E-state index in [-0.39, 0.29) is 10.8 Å². The first-order chi connectivity index (χ1) is 12.8. The minimum atomic E-state index is -3.59. The molecule has 1 unspecified atom stereocenters. The van der Waals surface area contributed by atoms with Crippen molar-refractivity contribution in [3.63, 3.8) is 0 Å². The van der Waals surface area contributed by atoms with Crippen LogP contribution in [0.4, 0.5) is 5.69 Å². The minimum absolute atomic E-state index is 0.144. The molecule has 6 nitrogen and oxygen atoms in total. The van der Waals surface area contributed by atoms with E-state index >= 15 is 0 Å². The molecule has 0 spiro atoms. The Morgan fingerprint density at radius 3 is 2.37 bits per heavy atom. The Morgan fingerprint density at radius 2 is 1.78 bits per heavy atom. The number of nitrogens with one attached hydrogen (secondary N) is 1. The molecule has 0 bridgehead atoms. The van der Waals surface area contributed by atoms with Crippen molar-refractivity contribution in [2.24, 2.45) is 0 Å². The molecule has 146 valence electrons. The molecule has 0 aliphatic rings. The van der Waals surface area contributed by atoms with Crippen LogP contribution < -0.4 is 10.1 Å². The Bertz CT molecular complexity index is 881. The Morgan fingerprint density at radius 1 is 1.15 bits per heavy atom. The summed E-state index contributed by atoms with van der Waals surface area (Å²) in [5.41, 5.74) is 0.402. The van der Waals surface area contributed by atoms with Gasteiger partial charge in [0, 0.05) is 23.2 Å². The summed E-state index contributed by atoms with van der Waals surface area (Å²) in [4.78, 5) is 12.5. The second-order valence-corrected chi connectivity index (χ2v) is 8.67. The fraction of sp³-hybridized carbons (Fsp3) is 0.316. The van der Waals surface area contributed by atoms with Crippen LogP contribution in [0.3, 0.4) is 0 Å².